The molecule has 0 fully saturated rings. The topological polar surface area (TPSA) is 20.2 Å². The van der Waals surface area contributed by atoms with E-state index in [-0.39, 0.29) is 0 Å². The van der Waals surface area contributed by atoms with Gasteiger partial charge in [-0.1, -0.05) is 13.8 Å². The van der Waals surface area contributed by atoms with Crippen molar-refractivity contribution >= 4 is 0 Å². The lowest BCUT2D eigenvalue weighted by Crippen LogP contribution is -2.23. The molecule has 2 unspecified atom stereocenters. The molecular weight excluding hydrogens is 157 g/mol. The Morgan fingerprint density at radius 3 is 2.09 bits per heavy atom. The van der Waals surface area contributed by atoms with Crippen molar-refractivity contribution in [2.24, 2.45) is 5.92 Å². The zero-order chi connectivity index (χ0) is 9.07. The zero-order valence-electron chi connectivity index (χ0n) is 6.65. The van der Waals surface area contributed by atoms with Crippen LogP contribution in [0.1, 0.15) is 26.7 Å². The Hall–Kier alpha value is -0.250. The van der Waals surface area contributed by atoms with E-state index in [4.69, 9.17) is 5.11 Å². The van der Waals surface area contributed by atoms with Crippen molar-refractivity contribution in [2.45, 2.75) is 39.0 Å². The van der Waals surface area contributed by atoms with Gasteiger partial charge in [0.1, 0.15) is 0 Å². The van der Waals surface area contributed by atoms with Gasteiger partial charge >= 0.3 is 6.18 Å². The van der Waals surface area contributed by atoms with Crippen molar-refractivity contribution in [2.75, 3.05) is 0 Å². The van der Waals surface area contributed by atoms with Gasteiger partial charge in [0.25, 0.3) is 0 Å². The first-order valence-corrected chi connectivity index (χ1v) is 3.61. The van der Waals surface area contributed by atoms with Crippen LogP contribution in [0.2, 0.25) is 0 Å². The van der Waals surface area contributed by atoms with Gasteiger partial charge < -0.3 is 5.11 Å². The summed E-state index contributed by atoms with van der Waals surface area (Å²) in [7, 11) is 0. The van der Waals surface area contributed by atoms with Gasteiger partial charge in [-0.3, -0.25) is 0 Å². The summed E-state index contributed by atoms with van der Waals surface area (Å²) in [5, 5.41) is 8.99. The summed E-state index contributed by atoms with van der Waals surface area (Å²) < 4.78 is 35.1. The molecule has 2 atom stereocenters. The van der Waals surface area contributed by atoms with E-state index in [9.17, 15) is 13.2 Å². The van der Waals surface area contributed by atoms with Gasteiger partial charge in [-0.2, -0.15) is 13.2 Å². The molecule has 0 aromatic heterocycles. The van der Waals surface area contributed by atoms with Gasteiger partial charge in [0.15, 0.2) is 0 Å². The lowest BCUT2D eigenvalue weighted by molar-refractivity contribution is -0.150. The SMILES string of the molecule is CCC(O)C(C)CC(F)(F)F. The van der Waals surface area contributed by atoms with Crippen LogP contribution >= 0.6 is 0 Å². The van der Waals surface area contributed by atoms with Crippen molar-refractivity contribution in [3.8, 4) is 0 Å². The second-order valence-corrected chi connectivity index (χ2v) is 2.77. The molecule has 0 aromatic carbocycles. The Labute approximate surface area is 64.2 Å². The van der Waals surface area contributed by atoms with E-state index >= 15 is 0 Å². The minimum absolute atomic E-state index is 0.372. The Morgan fingerprint density at radius 1 is 1.36 bits per heavy atom. The molecule has 0 spiro atoms. The van der Waals surface area contributed by atoms with Crippen LogP contribution in [0.15, 0.2) is 0 Å². The summed E-state index contributed by atoms with van der Waals surface area (Å²) in [5.41, 5.74) is 0. The van der Waals surface area contributed by atoms with E-state index in [0.29, 0.717) is 6.42 Å². The summed E-state index contributed by atoms with van der Waals surface area (Å²) in [5.74, 6) is -0.694. The van der Waals surface area contributed by atoms with Crippen LogP contribution in [0, 0.1) is 5.92 Å². The average Bonchev–Trinajstić information content (AvgIpc) is 1.82. The average molecular weight is 170 g/mol. The number of rotatable bonds is 3. The molecule has 0 saturated carbocycles. The lowest BCUT2D eigenvalue weighted by atomic mass is 9.99. The third-order valence-corrected chi connectivity index (χ3v) is 1.63. The van der Waals surface area contributed by atoms with Crippen LogP contribution in [0.3, 0.4) is 0 Å². The van der Waals surface area contributed by atoms with Gasteiger partial charge in [-0.05, 0) is 12.3 Å². The fraction of sp³-hybridized carbons (Fsp3) is 1.00. The first-order valence-electron chi connectivity index (χ1n) is 3.61. The summed E-state index contributed by atoms with van der Waals surface area (Å²) in [4.78, 5) is 0. The van der Waals surface area contributed by atoms with Gasteiger partial charge in [-0.25, -0.2) is 0 Å². The maximum atomic E-state index is 11.7. The van der Waals surface area contributed by atoms with E-state index < -0.39 is 24.6 Å². The van der Waals surface area contributed by atoms with E-state index in [1.54, 1.807) is 6.92 Å². The highest BCUT2D eigenvalue weighted by molar-refractivity contribution is 4.66. The second kappa shape index (κ2) is 3.95. The highest BCUT2D eigenvalue weighted by Gasteiger charge is 2.32. The predicted molar refractivity (Wildman–Crippen MR) is 36.1 cm³/mol. The fourth-order valence-corrected chi connectivity index (χ4v) is 0.903. The highest BCUT2D eigenvalue weighted by atomic mass is 19.4. The Balaban J connectivity index is 3.77. The fourth-order valence-electron chi connectivity index (χ4n) is 0.903. The smallest absolute Gasteiger partial charge is 0.389 e. The standard InChI is InChI=1S/C7H13F3O/c1-3-6(11)5(2)4-7(8,9)10/h5-6,11H,3-4H2,1-2H3. The predicted octanol–water partition coefficient (Wildman–Crippen LogP) is 2.35. The number of aliphatic hydroxyl groups excluding tert-OH is 1. The van der Waals surface area contributed by atoms with Gasteiger partial charge in [-0.15, -0.1) is 0 Å². The monoisotopic (exact) mass is 170 g/mol. The molecule has 68 valence electrons. The van der Waals surface area contributed by atoms with Gasteiger partial charge in [0.2, 0.25) is 0 Å². The summed E-state index contributed by atoms with van der Waals surface area (Å²) in [6, 6.07) is 0. The second-order valence-electron chi connectivity index (χ2n) is 2.77. The van der Waals surface area contributed by atoms with E-state index in [0.717, 1.165) is 0 Å². The molecule has 0 rings (SSSR count). The number of hydrogen-bond donors (Lipinski definition) is 1. The molecule has 0 radical (unpaired) electrons. The molecule has 0 amide bonds. The summed E-state index contributed by atoms with van der Waals surface area (Å²) in [6.07, 6.45) is -5.52. The van der Waals surface area contributed by atoms with Gasteiger partial charge in [0, 0.05) is 6.42 Å². The van der Waals surface area contributed by atoms with E-state index in [1.807, 2.05) is 0 Å². The molecule has 0 heterocycles. The quantitative estimate of drug-likeness (QED) is 0.689. The molecule has 4 heteroatoms. The molecule has 0 aliphatic rings. The summed E-state index contributed by atoms with van der Waals surface area (Å²) >= 11 is 0. The van der Waals surface area contributed by atoms with Crippen LogP contribution in [0.25, 0.3) is 0 Å². The van der Waals surface area contributed by atoms with Crippen LogP contribution in [0.5, 0.6) is 0 Å². The first kappa shape index (κ1) is 10.8. The molecular formula is C7H13F3O. The first-order chi connectivity index (χ1) is 4.87. The lowest BCUT2D eigenvalue weighted by Gasteiger charge is -2.18. The molecule has 1 nitrogen and oxygen atoms in total. The van der Waals surface area contributed by atoms with Crippen molar-refractivity contribution in [1.29, 1.82) is 0 Å². The third kappa shape index (κ3) is 5.07. The number of alkyl halides is 3. The zero-order valence-corrected chi connectivity index (χ0v) is 6.65. The maximum Gasteiger partial charge on any atom is 0.389 e. The van der Waals surface area contributed by atoms with E-state index in [1.165, 1.54) is 6.92 Å². The van der Waals surface area contributed by atoms with E-state index in [2.05, 4.69) is 0 Å². The normalized spacial score (nSPS) is 18.0. The highest BCUT2D eigenvalue weighted by Crippen LogP contribution is 2.26. The largest absolute Gasteiger partial charge is 0.393 e. The molecule has 11 heavy (non-hydrogen) atoms. The van der Waals surface area contributed by atoms with Crippen LogP contribution in [0.4, 0.5) is 13.2 Å². The Morgan fingerprint density at radius 2 is 1.82 bits per heavy atom. The van der Waals surface area contributed by atoms with Crippen molar-refractivity contribution in [3.05, 3.63) is 0 Å². The van der Waals surface area contributed by atoms with Crippen molar-refractivity contribution in [3.63, 3.8) is 0 Å². The molecule has 0 aliphatic carbocycles. The molecule has 0 aromatic rings. The molecule has 0 bridgehead atoms. The number of halogens is 3. The van der Waals surface area contributed by atoms with Crippen LogP contribution in [-0.2, 0) is 0 Å². The van der Waals surface area contributed by atoms with Crippen molar-refractivity contribution in [1.82, 2.24) is 0 Å². The molecule has 0 saturated heterocycles. The Kier molecular flexibility index (Phi) is 3.86. The Bertz CT molecular complexity index is 111. The minimum Gasteiger partial charge on any atom is -0.393 e. The summed E-state index contributed by atoms with van der Waals surface area (Å²) in [6.45, 7) is 3.07. The minimum atomic E-state index is -4.16. The molecule has 0 aliphatic heterocycles. The van der Waals surface area contributed by atoms with Crippen LogP contribution in [-0.4, -0.2) is 17.4 Å². The van der Waals surface area contributed by atoms with Gasteiger partial charge in [0.05, 0.1) is 6.10 Å². The molecule has 1 N–H and O–H groups in total. The maximum absolute atomic E-state index is 11.7. The number of hydrogen-bond acceptors (Lipinski definition) is 1. The number of aliphatic hydroxyl groups is 1. The van der Waals surface area contributed by atoms with Crippen LogP contribution < -0.4 is 0 Å². The van der Waals surface area contributed by atoms with Crippen molar-refractivity contribution < 1.29 is 18.3 Å². The third-order valence-electron chi connectivity index (χ3n) is 1.63.